The monoisotopic (exact) mass is 270 g/mol. The third-order valence-electron chi connectivity index (χ3n) is 3.53. The van der Waals surface area contributed by atoms with Gasteiger partial charge in [-0.2, -0.15) is 0 Å². The second-order valence-electron chi connectivity index (χ2n) is 5.99. The van der Waals surface area contributed by atoms with Crippen molar-refractivity contribution in [3.63, 3.8) is 0 Å². The first-order valence-electron chi connectivity index (χ1n) is 6.40. The first kappa shape index (κ1) is 11.9. The van der Waals surface area contributed by atoms with Gasteiger partial charge in [-0.05, 0) is 17.7 Å². The quantitative estimate of drug-likeness (QED) is 0.551. The third-order valence-corrected chi connectivity index (χ3v) is 7.13. The Morgan fingerprint density at radius 2 is 1.44 bits per heavy atom. The summed E-state index contributed by atoms with van der Waals surface area (Å²) in [5.41, 5.74) is 1.40. The van der Waals surface area contributed by atoms with Crippen molar-refractivity contribution in [1.82, 2.24) is 0 Å². The minimum Gasteiger partial charge on any atom is -0.135 e. The van der Waals surface area contributed by atoms with Crippen LogP contribution in [0.1, 0.15) is 5.56 Å². The number of fused-ring (bicyclic) bond motifs is 3. The van der Waals surface area contributed by atoms with E-state index in [4.69, 9.17) is 0 Å². The Hall–Kier alpha value is -1.12. The molecule has 0 unspecified atom stereocenters. The van der Waals surface area contributed by atoms with Gasteiger partial charge in [-0.25, -0.2) is 0 Å². The van der Waals surface area contributed by atoms with Crippen LogP contribution in [-0.4, -0.2) is 8.07 Å². The van der Waals surface area contributed by atoms with Gasteiger partial charge in [-0.3, -0.25) is 0 Å². The van der Waals surface area contributed by atoms with Gasteiger partial charge < -0.3 is 0 Å². The third kappa shape index (κ3) is 1.71. The van der Waals surface area contributed by atoms with Crippen molar-refractivity contribution < 1.29 is 0 Å². The van der Waals surface area contributed by atoms with Crippen molar-refractivity contribution in [2.24, 2.45) is 0 Å². The van der Waals surface area contributed by atoms with Crippen LogP contribution in [0.2, 0.25) is 19.6 Å². The van der Waals surface area contributed by atoms with E-state index in [1.165, 1.54) is 25.7 Å². The number of hydrogen-bond acceptors (Lipinski definition) is 1. The molecule has 0 aliphatic carbocycles. The van der Waals surface area contributed by atoms with Crippen LogP contribution >= 0.6 is 11.3 Å². The van der Waals surface area contributed by atoms with Gasteiger partial charge in [0, 0.05) is 20.2 Å². The van der Waals surface area contributed by atoms with E-state index in [0.29, 0.717) is 0 Å². The molecule has 0 nitrogen and oxygen atoms in total. The molecule has 0 saturated heterocycles. The van der Waals surface area contributed by atoms with Crippen LogP contribution in [0.3, 0.4) is 0 Å². The zero-order valence-corrected chi connectivity index (χ0v) is 13.2. The van der Waals surface area contributed by atoms with E-state index in [1.807, 2.05) is 11.3 Å². The summed E-state index contributed by atoms with van der Waals surface area (Å²) in [6.45, 7) is 9.50. The summed E-state index contributed by atoms with van der Waals surface area (Å²) in [5, 5.41) is 4.47. The summed E-state index contributed by atoms with van der Waals surface area (Å²) < 4.78 is 2.97. The molecule has 0 saturated carbocycles. The highest BCUT2D eigenvalue weighted by molar-refractivity contribution is 7.27. The molecule has 0 bridgehead atoms. The average molecular weight is 270 g/mol. The molecule has 18 heavy (non-hydrogen) atoms. The van der Waals surface area contributed by atoms with E-state index in [-0.39, 0.29) is 0 Å². The van der Waals surface area contributed by atoms with Gasteiger partial charge in [0.05, 0.1) is 8.07 Å². The highest BCUT2D eigenvalue weighted by Gasteiger charge is 2.21. The van der Waals surface area contributed by atoms with Gasteiger partial charge in [0.1, 0.15) is 0 Å². The van der Waals surface area contributed by atoms with Crippen molar-refractivity contribution in [2.45, 2.75) is 26.6 Å². The molecule has 0 aliphatic heterocycles. The van der Waals surface area contributed by atoms with Crippen LogP contribution in [0.4, 0.5) is 0 Å². The van der Waals surface area contributed by atoms with Crippen molar-refractivity contribution in [2.75, 3.05) is 0 Å². The highest BCUT2D eigenvalue weighted by Crippen LogP contribution is 2.35. The van der Waals surface area contributed by atoms with Crippen LogP contribution < -0.4 is 5.19 Å². The largest absolute Gasteiger partial charge is 0.135 e. The van der Waals surface area contributed by atoms with Crippen LogP contribution in [0.15, 0.2) is 36.4 Å². The molecule has 3 rings (SSSR count). The molecule has 0 radical (unpaired) electrons. The fourth-order valence-corrected chi connectivity index (χ4v) is 6.22. The van der Waals surface area contributed by atoms with Crippen molar-refractivity contribution >= 4 is 44.8 Å². The van der Waals surface area contributed by atoms with Crippen molar-refractivity contribution in [3.05, 3.63) is 42.0 Å². The lowest BCUT2D eigenvalue weighted by Crippen LogP contribution is -2.37. The predicted molar refractivity (Wildman–Crippen MR) is 87.0 cm³/mol. The van der Waals surface area contributed by atoms with Crippen molar-refractivity contribution in [3.8, 4) is 0 Å². The van der Waals surface area contributed by atoms with Gasteiger partial charge in [0.2, 0.25) is 0 Å². The van der Waals surface area contributed by atoms with Crippen LogP contribution in [0.25, 0.3) is 20.2 Å². The summed E-state index contributed by atoms with van der Waals surface area (Å²) >= 11 is 1.98. The number of thiophene rings is 1. The Morgan fingerprint density at radius 3 is 2.11 bits per heavy atom. The zero-order chi connectivity index (χ0) is 12.9. The Kier molecular flexibility index (Phi) is 2.61. The Balaban J connectivity index is 2.50. The maximum absolute atomic E-state index is 2.43. The Labute approximate surface area is 113 Å². The number of rotatable bonds is 1. The predicted octanol–water partition coefficient (Wildman–Crippen LogP) is 4.91. The standard InChI is InChI=1S/C16H18SSi/c1-11-7-5-8-12-13-9-6-10-14(18(2,3)4)16(13)17-15(11)12/h5-10H,1-4H3. The fourth-order valence-electron chi connectivity index (χ4n) is 2.55. The van der Waals surface area contributed by atoms with Crippen molar-refractivity contribution in [1.29, 1.82) is 0 Å². The SMILES string of the molecule is Cc1cccc2c1sc1c([Si](C)(C)C)cccc12. The first-order chi connectivity index (χ1) is 8.48. The number of aryl methyl sites for hydroxylation is 1. The molecule has 0 N–H and O–H groups in total. The summed E-state index contributed by atoms with van der Waals surface area (Å²) in [7, 11) is -1.27. The summed E-state index contributed by atoms with van der Waals surface area (Å²) in [4.78, 5) is 0. The minimum atomic E-state index is -1.27. The lowest BCUT2D eigenvalue weighted by Gasteiger charge is -2.17. The molecule has 1 heterocycles. The van der Waals surface area contributed by atoms with Crippen LogP contribution in [0, 0.1) is 6.92 Å². The topological polar surface area (TPSA) is 0 Å². The molecule has 2 aromatic carbocycles. The summed E-state index contributed by atoms with van der Waals surface area (Å²) in [5.74, 6) is 0. The maximum atomic E-state index is 2.43. The van der Waals surface area contributed by atoms with E-state index in [1.54, 1.807) is 5.19 Å². The van der Waals surface area contributed by atoms with Gasteiger partial charge in [-0.1, -0.05) is 56.0 Å². The molecule has 92 valence electrons. The zero-order valence-electron chi connectivity index (χ0n) is 11.4. The van der Waals surface area contributed by atoms with E-state index in [0.717, 1.165) is 0 Å². The molecule has 0 spiro atoms. The fraction of sp³-hybridized carbons (Fsp3) is 0.250. The lowest BCUT2D eigenvalue weighted by molar-refractivity contribution is 1.56. The summed E-state index contributed by atoms with van der Waals surface area (Å²) in [6, 6.07) is 13.5. The summed E-state index contributed by atoms with van der Waals surface area (Å²) in [6.07, 6.45) is 0. The second-order valence-corrected chi connectivity index (χ2v) is 12.0. The van der Waals surface area contributed by atoms with Gasteiger partial charge in [0.15, 0.2) is 0 Å². The number of benzene rings is 2. The van der Waals surface area contributed by atoms with Gasteiger partial charge >= 0.3 is 0 Å². The van der Waals surface area contributed by atoms with E-state index in [2.05, 4.69) is 63.0 Å². The Morgan fingerprint density at radius 1 is 0.833 bits per heavy atom. The molecular weight excluding hydrogens is 252 g/mol. The molecule has 0 amide bonds. The normalized spacial score (nSPS) is 12.4. The van der Waals surface area contributed by atoms with E-state index >= 15 is 0 Å². The van der Waals surface area contributed by atoms with Gasteiger partial charge in [0.25, 0.3) is 0 Å². The molecular formula is C16H18SSi. The molecule has 0 atom stereocenters. The second kappa shape index (κ2) is 3.94. The Bertz CT molecular complexity index is 732. The smallest absolute Gasteiger partial charge is 0.0794 e. The van der Waals surface area contributed by atoms with Gasteiger partial charge in [-0.15, -0.1) is 11.3 Å². The molecule has 3 aromatic rings. The minimum absolute atomic E-state index is 1.27. The lowest BCUT2D eigenvalue weighted by atomic mass is 10.1. The molecule has 0 aliphatic rings. The van der Waals surface area contributed by atoms with E-state index < -0.39 is 8.07 Å². The maximum Gasteiger partial charge on any atom is 0.0794 e. The van der Waals surface area contributed by atoms with E-state index in [9.17, 15) is 0 Å². The average Bonchev–Trinajstić information content (AvgIpc) is 2.68. The van der Waals surface area contributed by atoms with Crippen LogP contribution in [0.5, 0.6) is 0 Å². The molecule has 0 fully saturated rings. The first-order valence-corrected chi connectivity index (χ1v) is 10.7. The molecule has 2 heteroatoms. The number of hydrogen-bond donors (Lipinski definition) is 0. The molecule has 1 aromatic heterocycles. The highest BCUT2D eigenvalue weighted by atomic mass is 32.1. The van der Waals surface area contributed by atoms with Crippen LogP contribution in [-0.2, 0) is 0 Å².